The lowest BCUT2D eigenvalue weighted by atomic mass is 10.1. The zero-order valence-corrected chi connectivity index (χ0v) is 10.6. The van der Waals surface area contributed by atoms with E-state index in [1.165, 1.54) is 6.20 Å². The number of rotatable bonds is 3. The van der Waals surface area contributed by atoms with Crippen LogP contribution in [0.25, 0.3) is 0 Å². The van der Waals surface area contributed by atoms with E-state index in [1.807, 2.05) is 25.3 Å². The lowest BCUT2D eigenvalue weighted by Gasteiger charge is -2.09. The van der Waals surface area contributed by atoms with Crippen LogP contribution in [0.1, 0.15) is 16.7 Å². The fourth-order valence-electron chi connectivity index (χ4n) is 1.51. The highest BCUT2D eigenvalue weighted by Crippen LogP contribution is 2.20. The topological polar surface area (TPSA) is 61.6 Å². The summed E-state index contributed by atoms with van der Waals surface area (Å²) < 4.78 is 0. The minimum Gasteiger partial charge on any atom is -0.365 e. The van der Waals surface area contributed by atoms with Crippen molar-refractivity contribution in [2.24, 2.45) is 0 Å². The molecule has 0 aromatic carbocycles. The lowest BCUT2D eigenvalue weighted by molar-refractivity contribution is 1.07. The number of hydrogen-bond donors (Lipinski definition) is 1. The second-order valence-electron chi connectivity index (χ2n) is 3.82. The first-order chi connectivity index (χ1) is 8.70. The first-order valence-electron chi connectivity index (χ1n) is 5.39. The van der Waals surface area contributed by atoms with Gasteiger partial charge in [0.2, 0.25) is 0 Å². The molecule has 5 heteroatoms. The monoisotopic (exact) mass is 258 g/mol. The first kappa shape index (κ1) is 12.3. The summed E-state index contributed by atoms with van der Waals surface area (Å²) in [5, 5.41) is 12.3. The Kier molecular flexibility index (Phi) is 3.75. The highest BCUT2D eigenvalue weighted by Gasteiger charge is 2.04. The molecule has 0 aliphatic carbocycles. The van der Waals surface area contributed by atoms with Crippen molar-refractivity contribution in [3.63, 3.8) is 0 Å². The Balaban J connectivity index is 2.12. The standard InChI is InChI=1S/C13H11ClN4/c1-9-6-16-3-2-11(9)8-18-13-12(14)4-10(5-15)7-17-13/h2-4,6-7H,8H2,1H3,(H,17,18). The molecule has 0 amide bonds. The number of nitrogens with one attached hydrogen (secondary N) is 1. The molecule has 0 saturated carbocycles. The average Bonchev–Trinajstić information content (AvgIpc) is 2.39. The Labute approximate surface area is 110 Å². The first-order valence-corrected chi connectivity index (χ1v) is 5.77. The maximum absolute atomic E-state index is 8.72. The summed E-state index contributed by atoms with van der Waals surface area (Å²) in [7, 11) is 0. The average molecular weight is 259 g/mol. The van der Waals surface area contributed by atoms with Gasteiger partial charge in [0, 0.05) is 25.1 Å². The van der Waals surface area contributed by atoms with Crippen molar-refractivity contribution >= 4 is 17.4 Å². The molecule has 2 aromatic rings. The van der Waals surface area contributed by atoms with E-state index >= 15 is 0 Å². The van der Waals surface area contributed by atoms with Gasteiger partial charge in [0.15, 0.2) is 0 Å². The van der Waals surface area contributed by atoms with Crippen LogP contribution < -0.4 is 5.32 Å². The van der Waals surface area contributed by atoms with Gasteiger partial charge < -0.3 is 5.32 Å². The molecule has 0 radical (unpaired) electrons. The maximum Gasteiger partial charge on any atom is 0.145 e. The van der Waals surface area contributed by atoms with E-state index in [2.05, 4.69) is 15.3 Å². The van der Waals surface area contributed by atoms with Gasteiger partial charge in [-0.3, -0.25) is 4.98 Å². The number of anilines is 1. The van der Waals surface area contributed by atoms with Crippen LogP contribution in [0.5, 0.6) is 0 Å². The van der Waals surface area contributed by atoms with E-state index in [0.717, 1.165) is 11.1 Å². The van der Waals surface area contributed by atoms with Crippen molar-refractivity contribution in [3.8, 4) is 6.07 Å². The molecule has 0 fully saturated rings. The van der Waals surface area contributed by atoms with Gasteiger partial charge in [-0.15, -0.1) is 0 Å². The van der Waals surface area contributed by atoms with E-state index in [0.29, 0.717) is 22.9 Å². The largest absolute Gasteiger partial charge is 0.365 e. The smallest absolute Gasteiger partial charge is 0.145 e. The van der Waals surface area contributed by atoms with Gasteiger partial charge in [-0.1, -0.05) is 11.6 Å². The Morgan fingerprint density at radius 3 is 2.94 bits per heavy atom. The highest BCUT2D eigenvalue weighted by atomic mass is 35.5. The van der Waals surface area contributed by atoms with E-state index in [1.54, 1.807) is 12.3 Å². The third-order valence-corrected chi connectivity index (χ3v) is 2.84. The maximum atomic E-state index is 8.72. The van der Waals surface area contributed by atoms with Crippen LogP contribution in [0.3, 0.4) is 0 Å². The highest BCUT2D eigenvalue weighted by molar-refractivity contribution is 6.33. The Morgan fingerprint density at radius 1 is 1.44 bits per heavy atom. The molecule has 2 aromatic heterocycles. The summed E-state index contributed by atoms with van der Waals surface area (Å²) >= 11 is 6.03. The number of nitrogens with zero attached hydrogens (tertiary/aromatic N) is 3. The second kappa shape index (κ2) is 5.48. The van der Waals surface area contributed by atoms with Crippen LogP contribution in [0.2, 0.25) is 5.02 Å². The van der Waals surface area contributed by atoms with Crippen molar-refractivity contribution < 1.29 is 0 Å². The molecule has 0 saturated heterocycles. The molecule has 0 spiro atoms. The molecule has 2 rings (SSSR count). The molecular formula is C13H11ClN4. The lowest BCUT2D eigenvalue weighted by Crippen LogP contribution is -2.03. The number of pyridine rings is 2. The Hall–Kier alpha value is -2.12. The molecule has 0 unspecified atom stereocenters. The van der Waals surface area contributed by atoms with Crippen LogP contribution in [0.4, 0.5) is 5.82 Å². The van der Waals surface area contributed by atoms with Gasteiger partial charge in [-0.05, 0) is 30.2 Å². The number of nitriles is 1. The molecule has 1 N–H and O–H groups in total. The molecule has 90 valence electrons. The fraction of sp³-hybridized carbons (Fsp3) is 0.154. The fourth-order valence-corrected chi connectivity index (χ4v) is 1.74. The third kappa shape index (κ3) is 2.76. The summed E-state index contributed by atoms with van der Waals surface area (Å²) in [5.41, 5.74) is 2.69. The summed E-state index contributed by atoms with van der Waals surface area (Å²) in [6, 6.07) is 5.53. The van der Waals surface area contributed by atoms with Crippen molar-refractivity contribution in [2.75, 3.05) is 5.32 Å². The third-order valence-electron chi connectivity index (χ3n) is 2.55. The summed E-state index contributed by atoms with van der Waals surface area (Å²) in [6.45, 7) is 2.62. The Morgan fingerprint density at radius 2 is 2.28 bits per heavy atom. The minimum absolute atomic E-state index is 0.445. The predicted molar refractivity (Wildman–Crippen MR) is 70.3 cm³/mol. The van der Waals surface area contributed by atoms with Gasteiger partial charge in [0.25, 0.3) is 0 Å². The molecule has 18 heavy (non-hydrogen) atoms. The van der Waals surface area contributed by atoms with Crippen LogP contribution in [-0.4, -0.2) is 9.97 Å². The molecule has 0 bridgehead atoms. The normalized spacial score (nSPS) is 9.83. The number of aromatic nitrogens is 2. The van der Waals surface area contributed by atoms with E-state index in [4.69, 9.17) is 16.9 Å². The molecule has 0 atom stereocenters. The zero-order chi connectivity index (χ0) is 13.0. The molecule has 4 nitrogen and oxygen atoms in total. The van der Waals surface area contributed by atoms with Gasteiger partial charge in [-0.25, -0.2) is 4.98 Å². The predicted octanol–water partition coefficient (Wildman–Crippen LogP) is 2.92. The van der Waals surface area contributed by atoms with Crippen molar-refractivity contribution in [1.29, 1.82) is 5.26 Å². The molecule has 2 heterocycles. The number of halogens is 1. The number of aryl methyl sites for hydroxylation is 1. The SMILES string of the molecule is Cc1cnccc1CNc1ncc(C#N)cc1Cl. The van der Waals surface area contributed by atoms with Crippen molar-refractivity contribution in [2.45, 2.75) is 13.5 Å². The van der Waals surface area contributed by atoms with Crippen LogP contribution in [-0.2, 0) is 6.54 Å². The second-order valence-corrected chi connectivity index (χ2v) is 4.23. The Bertz CT molecular complexity index is 604. The van der Waals surface area contributed by atoms with E-state index in [-0.39, 0.29) is 0 Å². The van der Waals surface area contributed by atoms with E-state index < -0.39 is 0 Å². The molecule has 0 aliphatic heterocycles. The van der Waals surface area contributed by atoms with E-state index in [9.17, 15) is 0 Å². The van der Waals surface area contributed by atoms with Crippen molar-refractivity contribution in [1.82, 2.24) is 9.97 Å². The summed E-state index contributed by atoms with van der Waals surface area (Å²) in [4.78, 5) is 8.15. The van der Waals surface area contributed by atoms with Crippen molar-refractivity contribution in [3.05, 3.63) is 52.4 Å². The van der Waals surface area contributed by atoms with Gasteiger partial charge in [0.1, 0.15) is 11.9 Å². The summed E-state index contributed by atoms with van der Waals surface area (Å²) in [5.74, 6) is 0.576. The molecular weight excluding hydrogens is 248 g/mol. The summed E-state index contributed by atoms with van der Waals surface area (Å²) in [6.07, 6.45) is 5.05. The quantitative estimate of drug-likeness (QED) is 0.920. The van der Waals surface area contributed by atoms with Gasteiger partial charge in [-0.2, -0.15) is 5.26 Å². The number of hydrogen-bond acceptors (Lipinski definition) is 4. The molecule has 0 aliphatic rings. The van der Waals surface area contributed by atoms with Gasteiger partial charge >= 0.3 is 0 Å². The van der Waals surface area contributed by atoms with Crippen LogP contribution >= 0.6 is 11.6 Å². The van der Waals surface area contributed by atoms with Crippen LogP contribution in [0, 0.1) is 18.3 Å². The van der Waals surface area contributed by atoms with Crippen LogP contribution in [0.15, 0.2) is 30.7 Å². The zero-order valence-electron chi connectivity index (χ0n) is 9.81. The minimum atomic E-state index is 0.445. The van der Waals surface area contributed by atoms with Gasteiger partial charge in [0.05, 0.1) is 10.6 Å².